The molecule has 2 aromatic carbocycles. The molecule has 0 aliphatic heterocycles. The fourth-order valence-corrected chi connectivity index (χ4v) is 2.77. The van der Waals surface area contributed by atoms with Gasteiger partial charge in [-0.2, -0.15) is 0 Å². The summed E-state index contributed by atoms with van der Waals surface area (Å²) in [7, 11) is 0. The minimum absolute atomic E-state index is 0.272. The number of aliphatic hydroxyl groups is 1. The quantitative estimate of drug-likeness (QED) is 0.824. The van der Waals surface area contributed by atoms with Crippen LogP contribution in [0, 0.1) is 16.3 Å². The van der Waals surface area contributed by atoms with Crippen LogP contribution in [0.1, 0.15) is 22.8 Å². The van der Waals surface area contributed by atoms with Gasteiger partial charge in [0.1, 0.15) is 5.82 Å². The second-order valence-electron chi connectivity index (χ2n) is 4.31. The SMILES string of the molecule is Cc1ccccc1CC(O)c1ccc(F)cc1I. The van der Waals surface area contributed by atoms with Crippen molar-refractivity contribution in [2.45, 2.75) is 19.4 Å². The van der Waals surface area contributed by atoms with E-state index in [-0.39, 0.29) is 5.82 Å². The van der Waals surface area contributed by atoms with Crippen LogP contribution in [-0.2, 0) is 6.42 Å². The number of aliphatic hydroxyl groups excluding tert-OH is 1. The molecule has 0 bridgehead atoms. The highest BCUT2D eigenvalue weighted by Gasteiger charge is 2.13. The van der Waals surface area contributed by atoms with Crippen molar-refractivity contribution in [2.24, 2.45) is 0 Å². The van der Waals surface area contributed by atoms with Gasteiger partial charge in [0.05, 0.1) is 6.10 Å². The van der Waals surface area contributed by atoms with Gasteiger partial charge in [0.25, 0.3) is 0 Å². The molecule has 0 saturated carbocycles. The molecule has 0 amide bonds. The molecule has 0 radical (unpaired) electrons. The zero-order valence-electron chi connectivity index (χ0n) is 10.0. The zero-order valence-corrected chi connectivity index (χ0v) is 12.2. The molecule has 0 heterocycles. The fraction of sp³-hybridized carbons (Fsp3) is 0.200. The largest absolute Gasteiger partial charge is 0.388 e. The zero-order chi connectivity index (χ0) is 13.1. The first-order valence-electron chi connectivity index (χ1n) is 5.75. The van der Waals surface area contributed by atoms with Crippen molar-refractivity contribution in [1.29, 1.82) is 0 Å². The van der Waals surface area contributed by atoms with E-state index in [1.54, 1.807) is 6.07 Å². The third-order valence-electron chi connectivity index (χ3n) is 3.00. The molecule has 3 heteroatoms. The Morgan fingerprint density at radius 3 is 2.61 bits per heavy atom. The van der Waals surface area contributed by atoms with Crippen molar-refractivity contribution in [2.75, 3.05) is 0 Å². The van der Waals surface area contributed by atoms with Gasteiger partial charge >= 0.3 is 0 Å². The molecule has 94 valence electrons. The minimum Gasteiger partial charge on any atom is -0.388 e. The average Bonchev–Trinajstić information content (AvgIpc) is 2.32. The molecule has 0 spiro atoms. The van der Waals surface area contributed by atoms with Crippen molar-refractivity contribution >= 4 is 22.6 Å². The van der Waals surface area contributed by atoms with Crippen LogP contribution in [0.25, 0.3) is 0 Å². The van der Waals surface area contributed by atoms with Crippen LogP contribution in [0.4, 0.5) is 4.39 Å². The summed E-state index contributed by atoms with van der Waals surface area (Å²) in [5, 5.41) is 10.2. The lowest BCUT2D eigenvalue weighted by Gasteiger charge is -2.14. The van der Waals surface area contributed by atoms with Gasteiger partial charge in [-0.1, -0.05) is 30.3 Å². The molecule has 0 aromatic heterocycles. The second-order valence-corrected chi connectivity index (χ2v) is 5.47. The Morgan fingerprint density at radius 2 is 1.94 bits per heavy atom. The summed E-state index contributed by atoms with van der Waals surface area (Å²) in [6.45, 7) is 2.03. The maximum atomic E-state index is 13.0. The lowest BCUT2D eigenvalue weighted by molar-refractivity contribution is 0.177. The van der Waals surface area contributed by atoms with Crippen molar-refractivity contribution in [3.05, 3.63) is 68.5 Å². The molecular weight excluding hydrogens is 342 g/mol. The molecule has 0 aliphatic carbocycles. The first kappa shape index (κ1) is 13.5. The Morgan fingerprint density at radius 1 is 1.22 bits per heavy atom. The summed E-state index contributed by atoms with van der Waals surface area (Å²) in [6, 6.07) is 12.5. The molecule has 1 N–H and O–H groups in total. The lowest BCUT2D eigenvalue weighted by Crippen LogP contribution is -2.05. The number of hydrogen-bond donors (Lipinski definition) is 1. The summed E-state index contributed by atoms with van der Waals surface area (Å²) in [5.74, 6) is -0.272. The highest BCUT2D eigenvalue weighted by molar-refractivity contribution is 14.1. The van der Waals surface area contributed by atoms with Gasteiger partial charge in [-0.3, -0.25) is 0 Å². The Kier molecular flexibility index (Phi) is 4.35. The van der Waals surface area contributed by atoms with Crippen molar-refractivity contribution in [3.63, 3.8) is 0 Å². The molecule has 0 fully saturated rings. The first-order valence-corrected chi connectivity index (χ1v) is 6.83. The van der Waals surface area contributed by atoms with Gasteiger partial charge in [-0.25, -0.2) is 4.39 Å². The normalized spacial score (nSPS) is 12.4. The van der Waals surface area contributed by atoms with Crippen molar-refractivity contribution < 1.29 is 9.50 Å². The molecule has 1 unspecified atom stereocenters. The Bertz CT molecular complexity index is 554. The molecule has 2 aromatic rings. The summed E-state index contributed by atoms with van der Waals surface area (Å²) in [4.78, 5) is 0. The van der Waals surface area contributed by atoms with E-state index in [1.807, 2.05) is 31.2 Å². The minimum atomic E-state index is -0.599. The second kappa shape index (κ2) is 5.80. The molecule has 0 aliphatic rings. The van der Waals surface area contributed by atoms with Crippen LogP contribution in [0.5, 0.6) is 0 Å². The number of rotatable bonds is 3. The molecule has 2 rings (SSSR count). The predicted octanol–water partition coefficient (Wildman–Crippen LogP) is 4.01. The molecule has 1 atom stereocenters. The maximum absolute atomic E-state index is 13.0. The van der Waals surface area contributed by atoms with E-state index >= 15 is 0 Å². The van der Waals surface area contributed by atoms with E-state index < -0.39 is 6.10 Å². The van der Waals surface area contributed by atoms with Gasteiger partial charge in [-0.05, 0) is 58.3 Å². The van der Waals surface area contributed by atoms with E-state index in [4.69, 9.17) is 0 Å². The lowest BCUT2D eigenvalue weighted by atomic mass is 9.98. The predicted molar refractivity (Wildman–Crippen MR) is 79.0 cm³/mol. The van der Waals surface area contributed by atoms with Gasteiger partial charge in [0, 0.05) is 9.99 Å². The van der Waals surface area contributed by atoms with Crippen LogP contribution < -0.4 is 0 Å². The third-order valence-corrected chi connectivity index (χ3v) is 3.93. The average molecular weight is 356 g/mol. The molecule has 0 saturated heterocycles. The van der Waals surface area contributed by atoms with Gasteiger partial charge in [0.2, 0.25) is 0 Å². The van der Waals surface area contributed by atoms with Gasteiger partial charge < -0.3 is 5.11 Å². The molecule has 1 nitrogen and oxygen atoms in total. The summed E-state index contributed by atoms with van der Waals surface area (Å²) >= 11 is 2.05. The standard InChI is InChI=1S/C15H14FIO/c1-10-4-2-3-5-11(10)8-15(18)13-7-6-12(16)9-14(13)17/h2-7,9,15,18H,8H2,1H3. The van der Waals surface area contributed by atoms with Crippen LogP contribution >= 0.6 is 22.6 Å². The number of hydrogen-bond acceptors (Lipinski definition) is 1. The van der Waals surface area contributed by atoms with Crippen LogP contribution in [-0.4, -0.2) is 5.11 Å². The summed E-state index contributed by atoms with van der Waals surface area (Å²) < 4.78 is 13.8. The fourth-order valence-electron chi connectivity index (χ4n) is 1.93. The number of halogens is 2. The Labute approximate surface area is 120 Å². The van der Waals surface area contributed by atoms with E-state index in [1.165, 1.54) is 12.1 Å². The number of benzene rings is 2. The summed E-state index contributed by atoms with van der Waals surface area (Å²) in [5.41, 5.74) is 3.05. The van der Waals surface area contributed by atoms with E-state index in [0.29, 0.717) is 6.42 Å². The third kappa shape index (κ3) is 3.09. The highest BCUT2D eigenvalue weighted by atomic mass is 127. The number of aryl methyl sites for hydroxylation is 1. The van der Waals surface area contributed by atoms with Crippen LogP contribution in [0.2, 0.25) is 0 Å². The van der Waals surface area contributed by atoms with Crippen molar-refractivity contribution in [1.82, 2.24) is 0 Å². The van der Waals surface area contributed by atoms with E-state index in [0.717, 1.165) is 20.3 Å². The van der Waals surface area contributed by atoms with Crippen molar-refractivity contribution in [3.8, 4) is 0 Å². The Balaban J connectivity index is 2.22. The topological polar surface area (TPSA) is 20.2 Å². The van der Waals surface area contributed by atoms with Gasteiger partial charge in [0.15, 0.2) is 0 Å². The maximum Gasteiger partial charge on any atom is 0.124 e. The van der Waals surface area contributed by atoms with Crippen LogP contribution in [0.3, 0.4) is 0 Å². The molecule has 18 heavy (non-hydrogen) atoms. The van der Waals surface area contributed by atoms with Gasteiger partial charge in [-0.15, -0.1) is 0 Å². The van der Waals surface area contributed by atoms with E-state index in [2.05, 4.69) is 22.6 Å². The Hall–Kier alpha value is -0.940. The first-order chi connectivity index (χ1) is 8.58. The van der Waals surface area contributed by atoms with E-state index in [9.17, 15) is 9.50 Å². The highest BCUT2D eigenvalue weighted by Crippen LogP contribution is 2.25. The summed E-state index contributed by atoms with van der Waals surface area (Å²) in [6.07, 6.45) is -0.0486. The smallest absolute Gasteiger partial charge is 0.124 e. The van der Waals surface area contributed by atoms with Crippen LogP contribution in [0.15, 0.2) is 42.5 Å². The molecular formula is C15H14FIO. The monoisotopic (exact) mass is 356 g/mol.